The number of nitrogens with one attached hydrogen (secondary N) is 3. The van der Waals surface area contributed by atoms with Crippen molar-refractivity contribution in [2.75, 3.05) is 6.54 Å². The minimum absolute atomic E-state index is 0.00173. The Morgan fingerprint density at radius 3 is 2.84 bits per heavy atom. The summed E-state index contributed by atoms with van der Waals surface area (Å²) in [5.41, 5.74) is 1.34. The van der Waals surface area contributed by atoms with Crippen molar-refractivity contribution in [1.29, 1.82) is 0 Å². The van der Waals surface area contributed by atoms with E-state index in [1.807, 2.05) is 13.8 Å². The molecule has 2 rings (SSSR count). The molecule has 100 valence electrons. The molecule has 6 nitrogen and oxygen atoms in total. The van der Waals surface area contributed by atoms with Crippen LogP contribution in [0.5, 0.6) is 0 Å². The number of carbonyl (C=O) groups excluding carboxylic acids is 2. The van der Waals surface area contributed by atoms with Gasteiger partial charge in [-0.1, -0.05) is 19.9 Å². The number of aromatic nitrogens is 2. The van der Waals surface area contributed by atoms with Crippen LogP contribution in [0.2, 0.25) is 0 Å². The molecule has 3 N–H and O–H groups in total. The molecule has 1 aliphatic rings. The number of nitrogens with zero attached hydrogens (tertiary/aromatic N) is 1. The van der Waals surface area contributed by atoms with Gasteiger partial charge in [-0.05, 0) is 6.08 Å². The van der Waals surface area contributed by atoms with Crippen LogP contribution >= 0.6 is 0 Å². The second-order valence-electron chi connectivity index (χ2n) is 4.88. The molecule has 0 saturated carbocycles. The third-order valence-electron chi connectivity index (χ3n) is 3.03. The number of imidazole rings is 1. The third-order valence-corrected chi connectivity index (χ3v) is 3.03. The summed E-state index contributed by atoms with van der Waals surface area (Å²) >= 11 is 0. The molecule has 1 saturated heterocycles. The first kappa shape index (κ1) is 13.1. The summed E-state index contributed by atoms with van der Waals surface area (Å²) in [4.78, 5) is 30.1. The van der Waals surface area contributed by atoms with Crippen LogP contribution in [0.3, 0.4) is 0 Å². The van der Waals surface area contributed by atoms with E-state index in [1.165, 1.54) is 0 Å². The average Bonchev–Trinajstić information content (AvgIpc) is 2.83. The van der Waals surface area contributed by atoms with Crippen molar-refractivity contribution in [2.45, 2.75) is 19.3 Å². The monoisotopic (exact) mass is 260 g/mol. The lowest BCUT2D eigenvalue weighted by molar-refractivity contribution is -0.127. The maximum Gasteiger partial charge on any atom is 0.268 e. The predicted molar refractivity (Wildman–Crippen MR) is 70.9 cm³/mol. The van der Waals surface area contributed by atoms with Crippen molar-refractivity contribution in [3.05, 3.63) is 36.1 Å². The molecule has 19 heavy (non-hydrogen) atoms. The van der Waals surface area contributed by atoms with E-state index in [1.54, 1.807) is 18.5 Å². The lowest BCUT2D eigenvalue weighted by Crippen LogP contribution is -2.47. The fourth-order valence-electron chi connectivity index (χ4n) is 1.78. The number of piperazine rings is 1. The number of amides is 2. The number of hydrogen-bond donors (Lipinski definition) is 3. The van der Waals surface area contributed by atoms with Gasteiger partial charge in [0.25, 0.3) is 5.91 Å². The van der Waals surface area contributed by atoms with Crippen LogP contribution in [-0.4, -0.2) is 28.3 Å². The molecule has 0 spiro atoms. The zero-order chi connectivity index (χ0) is 14.0. The highest BCUT2D eigenvalue weighted by Gasteiger charge is 2.24. The van der Waals surface area contributed by atoms with Gasteiger partial charge in [-0.15, -0.1) is 6.58 Å². The summed E-state index contributed by atoms with van der Waals surface area (Å²) in [7, 11) is 0. The summed E-state index contributed by atoms with van der Waals surface area (Å²) < 4.78 is 0. The fraction of sp³-hybridized carbons (Fsp3) is 0.308. The molecular formula is C13H16N4O2. The molecule has 1 aromatic rings. The maximum absolute atomic E-state index is 11.6. The molecule has 0 unspecified atom stereocenters. The number of allylic oxidation sites excluding steroid dienone is 1. The van der Waals surface area contributed by atoms with Gasteiger partial charge in [0.15, 0.2) is 0 Å². The van der Waals surface area contributed by atoms with Gasteiger partial charge in [-0.3, -0.25) is 9.59 Å². The SMILES string of the molecule is C=CC(C)(C)c1[nH]cnc1/C=C1\NC(=O)CNC1=O. The molecule has 1 aromatic heterocycles. The Hall–Kier alpha value is -2.37. The summed E-state index contributed by atoms with van der Waals surface area (Å²) in [6, 6.07) is 0. The Kier molecular flexibility index (Phi) is 3.25. The van der Waals surface area contributed by atoms with Gasteiger partial charge in [0, 0.05) is 5.41 Å². The van der Waals surface area contributed by atoms with Gasteiger partial charge in [0.05, 0.1) is 24.3 Å². The van der Waals surface area contributed by atoms with E-state index >= 15 is 0 Å². The van der Waals surface area contributed by atoms with Crippen molar-refractivity contribution in [3.63, 3.8) is 0 Å². The minimum Gasteiger partial charge on any atom is -0.347 e. The molecule has 1 fully saturated rings. The first-order valence-electron chi connectivity index (χ1n) is 5.91. The Balaban J connectivity index is 2.38. The number of carbonyl (C=O) groups is 2. The van der Waals surface area contributed by atoms with E-state index in [0.29, 0.717) is 5.69 Å². The molecule has 1 aliphatic heterocycles. The molecule has 0 atom stereocenters. The minimum atomic E-state index is -0.315. The summed E-state index contributed by atoms with van der Waals surface area (Å²) in [6.45, 7) is 7.75. The standard InChI is InChI=1S/C13H16N4O2/c1-4-13(2,3)11-8(15-7-16-11)5-9-12(19)14-6-10(18)17-9/h4-5,7H,1,6H2,2-3H3,(H,14,19)(H,15,16)(H,17,18)/b9-5-. The first-order chi connectivity index (χ1) is 8.94. The highest BCUT2D eigenvalue weighted by molar-refractivity contribution is 6.05. The molecule has 0 radical (unpaired) electrons. The topological polar surface area (TPSA) is 86.9 Å². The van der Waals surface area contributed by atoms with Gasteiger partial charge < -0.3 is 15.6 Å². The summed E-state index contributed by atoms with van der Waals surface area (Å²) in [5, 5.41) is 5.02. The quantitative estimate of drug-likeness (QED) is 0.545. The maximum atomic E-state index is 11.6. The third kappa shape index (κ3) is 2.57. The van der Waals surface area contributed by atoms with Crippen LogP contribution in [0.4, 0.5) is 0 Å². The Labute approximate surface area is 111 Å². The summed E-state index contributed by atoms with van der Waals surface area (Å²) in [6.07, 6.45) is 4.90. The Morgan fingerprint density at radius 2 is 2.16 bits per heavy atom. The lowest BCUT2D eigenvalue weighted by Gasteiger charge is -2.20. The van der Waals surface area contributed by atoms with Crippen LogP contribution < -0.4 is 10.6 Å². The Bertz CT molecular complexity index is 569. The van der Waals surface area contributed by atoms with Crippen molar-refractivity contribution in [1.82, 2.24) is 20.6 Å². The van der Waals surface area contributed by atoms with Crippen molar-refractivity contribution < 1.29 is 9.59 Å². The first-order valence-corrected chi connectivity index (χ1v) is 5.91. The molecule has 2 amide bonds. The Morgan fingerprint density at radius 1 is 1.42 bits per heavy atom. The van der Waals surface area contributed by atoms with Crippen LogP contribution in [-0.2, 0) is 15.0 Å². The number of H-pyrrole nitrogens is 1. The highest BCUT2D eigenvalue weighted by atomic mass is 16.2. The summed E-state index contributed by atoms with van der Waals surface area (Å²) in [5.74, 6) is -0.559. The second kappa shape index (κ2) is 4.72. The number of rotatable bonds is 3. The van der Waals surface area contributed by atoms with Crippen LogP contribution in [0.1, 0.15) is 25.2 Å². The zero-order valence-corrected chi connectivity index (χ0v) is 10.9. The van der Waals surface area contributed by atoms with E-state index < -0.39 is 0 Å². The van der Waals surface area contributed by atoms with Gasteiger partial charge >= 0.3 is 0 Å². The van der Waals surface area contributed by atoms with Crippen molar-refractivity contribution in [3.8, 4) is 0 Å². The molecule has 0 bridgehead atoms. The largest absolute Gasteiger partial charge is 0.347 e. The normalized spacial score (nSPS) is 18.1. The van der Waals surface area contributed by atoms with E-state index in [9.17, 15) is 9.59 Å². The lowest BCUT2D eigenvalue weighted by atomic mass is 9.88. The van der Waals surface area contributed by atoms with Crippen molar-refractivity contribution in [2.24, 2.45) is 0 Å². The van der Waals surface area contributed by atoms with Gasteiger partial charge in [-0.2, -0.15) is 0 Å². The van der Waals surface area contributed by atoms with Crippen LogP contribution in [0.25, 0.3) is 6.08 Å². The van der Waals surface area contributed by atoms with Gasteiger partial charge in [0.2, 0.25) is 5.91 Å². The van der Waals surface area contributed by atoms with E-state index in [0.717, 1.165) is 5.69 Å². The molecule has 0 aliphatic carbocycles. The van der Waals surface area contributed by atoms with Crippen LogP contribution in [0, 0.1) is 0 Å². The number of hydrogen-bond acceptors (Lipinski definition) is 3. The van der Waals surface area contributed by atoms with E-state index in [2.05, 4.69) is 27.2 Å². The van der Waals surface area contributed by atoms with Gasteiger partial charge in [0.1, 0.15) is 5.70 Å². The van der Waals surface area contributed by atoms with E-state index in [-0.39, 0.29) is 29.5 Å². The molecule has 2 heterocycles. The smallest absolute Gasteiger partial charge is 0.268 e. The predicted octanol–water partition coefficient (Wildman–Crippen LogP) is 0.460. The molecule has 0 aromatic carbocycles. The number of aromatic amines is 1. The molecular weight excluding hydrogens is 244 g/mol. The van der Waals surface area contributed by atoms with Crippen molar-refractivity contribution >= 4 is 17.9 Å². The fourth-order valence-corrected chi connectivity index (χ4v) is 1.78. The van der Waals surface area contributed by atoms with Gasteiger partial charge in [-0.25, -0.2) is 4.98 Å². The average molecular weight is 260 g/mol. The molecule has 6 heteroatoms. The zero-order valence-electron chi connectivity index (χ0n) is 10.9. The second-order valence-corrected chi connectivity index (χ2v) is 4.88. The van der Waals surface area contributed by atoms with E-state index in [4.69, 9.17) is 0 Å². The van der Waals surface area contributed by atoms with Crippen LogP contribution in [0.15, 0.2) is 24.7 Å². The highest BCUT2D eigenvalue weighted by Crippen LogP contribution is 2.26.